The van der Waals surface area contributed by atoms with Gasteiger partial charge in [0.25, 0.3) is 0 Å². The zero-order valence-electron chi connectivity index (χ0n) is 12.1. The molecule has 0 unspecified atom stereocenters. The highest BCUT2D eigenvalue weighted by Gasteiger charge is 2.23. The van der Waals surface area contributed by atoms with E-state index in [1.165, 1.54) is 0 Å². The maximum absolute atomic E-state index is 11.9. The molecule has 2 saturated heterocycles. The number of hydrogen-bond donors (Lipinski definition) is 0. The Morgan fingerprint density at radius 3 is 2.86 bits per heavy atom. The summed E-state index contributed by atoms with van der Waals surface area (Å²) < 4.78 is 10.6. The molecule has 0 spiro atoms. The predicted molar refractivity (Wildman–Crippen MR) is 78.2 cm³/mol. The van der Waals surface area contributed by atoms with E-state index in [0.717, 1.165) is 38.4 Å². The summed E-state index contributed by atoms with van der Waals surface area (Å²) in [7, 11) is 0. The molecule has 2 aliphatic rings. The van der Waals surface area contributed by atoms with Crippen LogP contribution in [0.3, 0.4) is 0 Å². The lowest BCUT2D eigenvalue weighted by Gasteiger charge is -2.34. The van der Waals surface area contributed by atoms with Gasteiger partial charge < -0.3 is 14.4 Å². The van der Waals surface area contributed by atoms with Crippen LogP contribution in [0.4, 0.5) is 5.82 Å². The van der Waals surface area contributed by atoms with Gasteiger partial charge in [-0.2, -0.15) is 0 Å². The van der Waals surface area contributed by atoms with Crippen molar-refractivity contribution < 1.29 is 14.3 Å². The number of carbonyl (C=O) groups excluding carboxylic acids is 1. The summed E-state index contributed by atoms with van der Waals surface area (Å²) in [6.45, 7) is 5.08. The molecule has 3 heterocycles. The third-order valence-electron chi connectivity index (χ3n) is 3.88. The third-order valence-corrected chi connectivity index (χ3v) is 3.88. The number of nitrogens with zero attached hydrogens (tertiary/aromatic N) is 3. The molecular formula is C15H21N3O3. The lowest BCUT2D eigenvalue weighted by molar-refractivity contribution is -0.150. The van der Waals surface area contributed by atoms with Crippen LogP contribution in [0.1, 0.15) is 6.42 Å². The maximum atomic E-state index is 11.9. The number of anilines is 1. The fourth-order valence-corrected chi connectivity index (χ4v) is 2.69. The highest BCUT2D eigenvalue weighted by atomic mass is 16.6. The number of carbonyl (C=O) groups is 1. The van der Waals surface area contributed by atoms with Crippen LogP contribution >= 0.6 is 0 Å². The van der Waals surface area contributed by atoms with Gasteiger partial charge in [-0.05, 0) is 12.1 Å². The third kappa shape index (κ3) is 3.92. The van der Waals surface area contributed by atoms with Crippen LogP contribution < -0.4 is 4.90 Å². The van der Waals surface area contributed by atoms with E-state index in [1.54, 1.807) is 0 Å². The molecule has 0 aromatic carbocycles. The Morgan fingerprint density at radius 2 is 2.19 bits per heavy atom. The fraction of sp³-hybridized carbons (Fsp3) is 0.600. The fourth-order valence-electron chi connectivity index (χ4n) is 2.69. The minimum Gasteiger partial charge on any atom is -0.459 e. The van der Waals surface area contributed by atoms with Crippen LogP contribution in [0, 0.1) is 0 Å². The molecule has 0 radical (unpaired) electrons. The number of rotatable bonds is 4. The van der Waals surface area contributed by atoms with E-state index < -0.39 is 0 Å². The van der Waals surface area contributed by atoms with Crippen LogP contribution in [0.2, 0.25) is 0 Å². The van der Waals surface area contributed by atoms with Crippen molar-refractivity contribution in [3.05, 3.63) is 24.4 Å². The van der Waals surface area contributed by atoms with Crippen LogP contribution in [0.25, 0.3) is 0 Å². The predicted octanol–water partition coefficient (Wildman–Crippen LogP) is 0.536. The van der Waals surface area contributed by atoms with Crippen LogP contribution in [0.5, 0.6) is 0 Å². The lowest BCUT2D eigenvalue weighted by atomic mass is 10.3. The monoisotopic (exact) mass is 291 g/mol. The van der Waals surface area contributed by atoms with Crippen molar-refractivity contribution >= 4 is 11.8 Å². The zero-order valence-corrected chi connectivity index (χ0v) is 12.1. The van der Waals surface area contributed by atoms with Crippen molar-refractivity contribution in [1.82, 2.24) is 9.88 Å². The Hall–Kier alpha value is -1.66. The minimum absolute atomic E-state index is 0.0488. The van der Waals surface area contributed by atoms with Crippen LogP contribution in [0.15, 0.2) is 24.4 Å². The normalized spacial score (nSPS) is 23.2. The van der Waals surface area contributed by atoms with E-state index in [2.05, 4.69) is 14.8 Å². The summed E-state index contributed by atoms with van der Waals surface area (Å²) in [5.74, 6) is 0.861. The maximum Gasteiger partial charge on any atom is 0.320 e. The number of esters is 1. The number of pyridine rings is 1. The smallest absolute Gasteiger partial charge is 0.320 e. The van der Waals surface area contributed by atoms with Gasteiger partial charge in [-0.25, -0.2) is 4.98 Å². The minimum atomic E-state index is -0.142. The number of aromatic nitrogens is 1. The topological polar surface area (TPSA) is 54.9 Å². The molecule has 0 N–H and O–H groups in total. The lowest BCUT2D eigenvalue weighted by Crippen LogP contribution is -2.48. The zero-order chi connectivity index (χ0) is 14.5. The molecule has 6 heteroatoms. The van der Waals surface area contributed by atoms with Gasteiger partial charge >= 0.3 is 5.97 Å². The van der Waals surface area contributed by atoms with Gasteiger partial charge in [-0.3, -0.25) is 9.69 Å². The van der Waals surface area contributed by atoms with Gasteiger partial charge in [0, 0.05) is 38.8 Å². The van der Waals surface area contributed by atoms with E-state index in [4.69, 9.17) is 9.47 Å². The Bertz CT molecular complexity index is 454. The second-order valence-corrected chi connectivity index (χ2v) is 5.43. The molecule has 1 aromatic rings. The SMILES string of the molecule is O=C(CN1CCN(c2ccccn2)CC1)O[C@H]1CCOC1. The van der Waals surface area contributed by atoms with E-state index in [-0.39, 0.29) is 12.1 Å². The van der Waals surface area contributed by atoms with E-state index in [0.29, 0.717) is 19.8 Å². The Kier molecular flexibility index (Phi) is 4.67. The molecule has 114 valence electrons. The largest absolute Gasteiger partial charge is 0.459 e. The Balaban J connectivity index is 1.42. The molecule has 0 bridgehead atoms. The standard InChI is InChI=1S/C15H21N3O3/c19-15(21-13-4-10-20-12-13)11-17-6-8-18(9-7-17)14-3-1-2-5-16-14/h1-3,5,13H,4,6-12H2/t13-/m0/s1. The van der Waals surface area contributed by atoms with Crippen LogP contribution in [-0.2, 0) is 14.3 Å². The molecule has 0 saturated carbocycles. The average molecular weight is 291 g/mol. The molecule has 2 aliphatic heterocycles. The Morgan fingerprint density at radius 1 is 1.33 bits per heavy atom. The van der Waals surface area contributed by atoms with Crippen molar-refractivity contribution in [3.63, 3.8) is 0 Å². The first-order valence-electron chi connectivity index (χ1n) is 7.47. The van der Waals surface area contributed by atoms with Gasteiger partial charge in [-0.1, -0.05) is 6.07 Å². The van der Waals surface area contributed by atoms with Crippen molar-refractivity contribution in [2.75, 3.05) is 50.8 Å². The average Bonchev–Trinajstić information content (AvgIpc) is 3.02. The molecule has 0 aliphatic carbocycles. The van der Waals surface area contributed by atoms with Gasteiger partial charge in [0.15, 0.2) is 0 Å². The van der Waals surface area contributed by atoms with E-state index >= 15 is 0 Å². The molecular weight excluding hydrogens is 270 g/mol. The van der Waals surface area contributed by atoms with Crippen LogP contribution in [-0.4, -0.2) is 67.9 Å². The second-order valence-electron chi connectivity index (χ2n) is 5.43. The summed E-state index contributed by atoms with van der Waals surface area (Å²) in [5, 5.41) is 0. The van der Waals surface area contributed by atoms with Gasteiger partial charge in [-0.15, -0.1) is 0 Å². The summed E-state index contributed by atoms with van der Waals surface area (Å²) in [6, 6.07) is 5.93. The summed E-state index contributed by atoms with van der Waals surface area (Å²) in [5.41, 5.74) is 0. The summed E-state index contributed by atoms with van der Waals surface area (Å²) in [4.78, 5) is 20.6. The second kappa shape index (κ2) is 6.87. The molecule has 1 aromatic heterocycles. The van der Waals surface area contributed by atoms with Crippen molar-refractivity contribution in [1.29, 1.82) is 0 Å². The van der Waals surface area contributed by atoms with E-state index in [9.17, 15) is 4.79 Å². The van der Waals surface area contributed by atoms with Crippen molar-refractivity contribution in [2.24, 2.45) is 0 Å². The summed E-state index contributed by atoms with van der Waals surface area (Å²) >= 11 is 0. The molecule has 0 amide bonds. The molecule has 3 rings (SSSR count). The van der Waals surface area contributed by atoms with Gasteiger partial charge in [0.1, 0.15) is 11.9 Å². The number of ether oxygens (including phenoxy) is 2. The van der Waals surface area contributed by atoms with E-state index in [1.807, 2.05) is 24.4 Å². The molecule has 21 heavy (non-hydrogen) atoms. The van der Waals surface area contributed by atoms with Crippen molar-refractivity contribution in [3.8, 4) is 0 Å². The highest BCUT2D eigenvalue weighted by Crippen LogP contribution is 2.13. The first-order chi connectivity index (χ1) is 10.3. The summed E-state index contributed by atoms with van der Waals surface area (Å²) in [6.07, 6.45) is 2.58. The molecule has 1 atom stereocenters. The quantitative estimate of drug-likeness (QED) is 0.755. The van der Waals surface area contributed by atoms with Crippen molar-refractivity contribution in [2.45, 2.75) is 12.5 Å². The molecule has 6 nitrogen and oxygen atoms in total. The molecule has 2 fully saturated rings. The first kappa shape index (κ1) is 14.3. The number of piperazine rings is 1. The van der Waals surface area contributed by atoms with Gasteiger partial charge in [0.2, 0.25) is 0 Å². The highest BCUT2D eigenvalue weighted by molar-refractivity contribution is 5.72. The van der Waals surface area contributed by atoms with Gasteiger partial charge in [0.05, 0.1) is 19.8 Å². The first-order valence-corrected chi connectivity index (χ1v) is 7.47. The Labute approximate surface area is 124 Å². The number of hydrogen-bond acceptors (Lipinski definition) is 6.